The summed E-state index contributed by atoms with van der Waals surface area (Å²) in [6, 6.07) is 19.4. The molecule has 0 aliphatic rings. The number of allylic oxidation sites excluding steroid dienone is 8. The Bertz CT molecular complexity index is 1190. The van der Waals surface area contributed by atoms with Crippen molar-refractivity contribution < 1.29 is 50.6 Å². The van der Waals surface area contributed by atoms with E-state index < -0.39 is 29.9 Å². The van der Waals surface area contributed by atoms with Crippen LogP contribution < -0.4 is 0 Å². The van der Waals surface area contributed by atoms with Crippen LogP contribution in [0.15, 0.2) is 109 Å². The predicted octanol–water partition coefficient (Wildman–Crippen LogP) is 7.63. The third-order valence-corrected chi connectivity index (χ3v) is 3.74. The number of hydrogen-bond acceptors (Lipinski definition) is 4. The van der Waals surface area contributed by atoms with Crippen LogP contribution in [0.25, 0.3) is 12.2 Å². The number of Topliss-reactive ketones (excluding diaryl/α,β-unsaturated/α-hetero) is 1. The van der Waals surface area contributed by atoms with Gasteiger partial charge < -0.3 is 5.11 Å². The molecule has 0 saturated carbocycles. The van der Waals surface area contributed by atoms with Gasteiger partial charge in [0.05, 0.1) is 0 Å². The number of carboxylic acids is 1. The van der Waals surface area contributed by atoms with Crippen molar-refractivity contribution in [3.63, 3.8) is 0 Å². The lowest BCUT2D eigenvalue weighted by atomic mass is 10.2. The summed E-state index contributed by atoms with van der Waals surface area (Å²) in [5.41, 5.74) is 2.12. The number of carbonyl (C=O) groups excluding carboxylic acids is 3. The number of carboxylic acid groups (broad SMARTS) is 1. The van der Waals surface area contributed by atoms with Crippen LogP contribution in [-0.2, 0) is 19.2 Å². The van der Waals surface area contributed by atoms with E-state index in [-0.39, 0.29) is 0 Å². The zero-order valence-electron chi connectivity index (χ0n) is 22.0. The van der Waals surface area contributed by atoms with Gasteiger partial charge in [-0.1, -0.05) is 109 Å². The fraction of sp³-hybridized carbons (Fsp3) is 0.133. The summed E-state index contributed by atoms with van der Waals surface area (Å²) >= 11 is 0. The SMILES string of the molecule is CC(=O)C(F)(F)F.CC(=O)O.O=C(/C=C/C=C/C=C/c1ccccc1)C(F)(F)F.O=C/C=C/C=C/c1ccccc1. The molecule has 0 atom stereocenters. The van der Waals surface area contributed by atoms with E-state index in [0.29, 0.717) is 13.0 Å². The highest BCUT2D eigenvalue weighted by Crippen LogP contribution is 2.16. The summed E-state index contributed by atoms with van der Waals surface area (Å²) in [6.45, 7) is 1.57. The van der Waals surface area contributed by atoms with Crippen molar-refractivity contribution in [1.29, 1.82) is 0 Å². The molecule has 220 valence electrons. The minimum atomic E-state index is -4.80. The molecule has 0 aliphatic heterocycles. The molecule has 11 heteroatoms. The van der Waals surface area contributed by atoms with E-state index >= 15 is 0 Å². The maximum absolute atomic E-state index is 11.8. The van der Waals surface area contributed by atoms with E-state index in [1.165, 1.54) is 12.2 Å². The molecular weight excluding hydrogens is 554 g/mol. The lowest BCUT2D eigenvalue weighted by Gasteiger charge is -1.97. The number of benzene rings is 2. The molecule has 0 aromatic heterocycles. The van der Waals surface area contributed by atoms with E-state index in [4.69, 9.17) is 9.90 Å². The van der Waals surface area contributed by atoms with Crippen LogP contribution in [0.5, 0.6) is 0 Å². The summed E-state index contributed by atoms with van der Waals surface area (Å²) in [6.07, 6.45) is 6.21. The lowest BCUT2D eigenvalue weighted by Crippen LogP contribution is -2.19. The number of carbonyl (C=O) groups is 4. The highest BCUT2D eigenvalue weighted by molar-refractivity contribution is 5.94. The van der Waals surface area contributed by atoms with Crippen molar-refractivity contribution >= 4 is 36.0 Å². The fourth-order valence-corrected chi connectivity index (χ4v) is 1.94. The molecule has 0 radical (unpaired) electrons. The van der Waals surface area contributed by atoms with Gasteiger partial charge in [-0.15, -0.1) is 0 Å². The number of hydrogen-bond donors (Lipinski definition) is 1. The Morgan fingerprint density at radius 3 is 1.27 bits per heavy atom. The molecule has 2 aromatic carbocycles. The predicted molar refractivity (Wildman–Crippen MR) is 146 cm³/mol. The van der Waals surface area contributed by atoms with Crippen LogP contribution in [0.3, 0.4) is 0 Å². The van der Waals surface area contributed by atoms with E-state index in [1.54, 1.807) is 24.3 Å². The second-order valence-corrected chi connectivity index (χ2v) is 7.24. The molecule has 0 spiro atoms. The van der Waals surface area contributed by atoms with Gasteiger partial charge in [-0.05, 0) is 23.3 Å². The fourth-order valence-electron chi connectivity index (χ4n) is 1.94. The molecule has 5 nitrogen and oxygen atoms in total. The van der Waals surface area contributed by atoms with Crippen LogP contribution in [0.1, 0.15) is 25.0 Å². The molecule has 0 heterocycles. The third-order valence-electron chi connectivity index (χ3n) is 3.74. The minimum Gasteiger partial charge on any atom is -0.481 e. The average molecular weight is 583 g/mol. The van der Waals surface area contributed by atoms with Crippen molar-refractivity contribution in [2.45, 2.75) is 26.2 Å². The van der Waals surface area contributed by atoms with Gasteiger partial charge in [0.2, 0.25) is 5.78 Å². The van der Waals surface area contributed by atoms with Gasteiger partial charge >= 0.3 is 12.4 Å². The zero-order chi connectivity index (χ0) is 31.7. The number of halogens is 6. The first-order chi connectivity index (χ1) is 19.1. The van der Waals surface area contributed by atoms with Crippen molar-refractivity contribution in [2.75, 3.05) is 0 Å². The number of alkyl halides is 6. The topological polar surface area (TPSA) is 88.5 Å². The quantitative estimate of drug-likeness (QED) is 0.157. The van der Waals surface area contributed by atoms with Gasteiger partial charge in [-0.25, -0.2) is 0 Å². The third kappa shape index (κ3) is 26.6. The molecule has 0 aliphatic carbocycles. The molecule has 2 rings (SSSR count). The molecule has 41 heavy (non-hydrogen) atoms. The van der Waals surface area contributed by atoms with E-state index in [1.807, 2.05) is 72.8 Å². The van der Waals surface area contributed by atoms with Gasteiger partial charge in [0, 0.05) is 13.8 Å². The molecule has 0 unspecified atom stereocenters. The lowest BCUT2D eigenvalue weighted by molar-refractivity contribution is -0.168. The normalized spacial score (nSPS) is 11.4. The number of ketones is 2. The summed E-state index contributed by atoms with van der Waals surface area (Å²) in [5, 5.41) is 7.42. The van der Waals surface area contributed by atoms with Crippen LogP contribution >= 0.6 is 0 Å². The molecule has 0 amide bonds. The number of rotatable bonds is 7. The Morgan fingerprint density at radius 2 is 0.951 bits per heavy atom. The molecular formula is C30H28F6O5. The first kappa shape index (κ1) is 38.3. The van der Waals surface area contributed by atoms with Crippen LogP contribution in [-0.4, -0.2) is 41.3 Å². The zero-order valence-corrected chi connectivity index (χ0v) is 22.0. The standard InChI is InChI=1S/C14H11F3O.C11H10O.C3H3F3O.C2H4O2/c15-14(16,17)13(18)11-7-2-1-4-8-12-9-5-3-6-10-12;12-10-6-2-5-9-11-7-3-1-4-8-11;1-2(7)3(4,5)6;1-2(3)4/h1-11H;1-10H;1H3;1H3,(H,3,4)/b2-1+,8-4+,11-7+;6-2+,9-5+;;. The molecule has 0 bridgehead atoms. The summed E-state index contributed by atoms with van der Waals surface area (Å²) in [7, 11) is 0. The highest BCUT2D eigenvalue weighted by atomic mass is 19.4. The van der Waals surface area contributed by atoms with E-state index in [2.05, 4.69) is 0 Å². The first-order valence-corrected chi connectivity index (χ1v) is 11.4. The van der Waals surface area contributed by atoms with Gasteiger partial charge in [0.25, 0.3) is 11.8 Å². The van der Waals surface area contributed by atoms with E-state index in [9.17, 15) is 40.7 Å². The Morgan fingerprint density at radius 1 is 0.610 bits per heavy atom. The largest absolute Gasteiger partial charge is 0.481 e. The summed E-state index contributed by atoms with van der Waals surface area (Å²) < 4.78 is 67.9. The monoisotopic (exact) mass is 582 g/mol. The van der Waals surface area contributed by atoms with Crippen molar-refractivity contribution in [3.05, 3.63) is 120 Å². The van der Waals surface area contributed by atoms with Gasteiger partial charge in [-0.2, -0.15) is 26.3 Å². The van der Waals surface area contributed by atoms with Gasteiger partial charge in [-0.3, -0.25) is 19.2 Å². The van der Waals surface area contributed by atoms with Crippen LogP contribution in [0, 0.1) is 0 Å². The Labute approximate surface area is 233 Å². The Kier molecular flexibility index (Phi) is 20.6. The molecule has 1 N–H and O–H groups in total. The molecule has 2 aromatic rings. The van der Waals surface area contributed by atoms with Crippen molar-refractivity contribution in [2.24, 2.45) is 0 Å². The van der Waals surface area contributed by atoms with Crippen molar-refractivity contribution in [1.82, 2.24) is 0 Å². The second kappa shape index (κ2) is 22.1. The minimum absolute atomic E-state index is 0.486. The Hall–Kier alpha value is -4.80. The number of aliphatic carboxylic acids is 1. The summed E-state index contributed by atoms with van der Waals surface area (Å²) in [4.78, 5) is 38.7. The Balaban J connectivity index is 0. The maximum Gasteiger partial charge on any atom is 0.454 e. The van der Waals surface area contributed by atoms with Crippen molar-refractivity contribution in [3.8, 4) is 0 Å². The van der Waals surface area contributed by atoms with Gasteiger partial charge in [0.1, 0.15) is 6.29 Å². The van der Waals surface area contributed by atoms with Crippen LogP contribution in [0.2, 0.25) is 0 Å². The van der Waals surface area contributed by atoms with E-state index in [0.717, 1.165) is 30.4 Å². The van der Waals surface area contributed by atoms with Crippen LogP contribution in [0.4, 0.5) is 26.3 Å². The number of aldehydes is 1. The second-order valence-electron chi connectivity index (χ2n) is 7.24. The summed E-state index contributed by atoms with van der Waals surface area (Å²) in [5.74, 6) is -4.45. The highest BCUT2D eigenvalue weighted by Gasteiger charge is 2.35. The average Bonchev–Trinajstić information content (AvgIpc) is 2.89. The molecule has 0 fully saturated rings. The smallest absolute Gasteiger partial charge is 0.454 e. The molecule has 0 saturated heterocycles. The first-order valence-electron chi connectivity index (χ1n) is 11.4. The van der Waals surface area contributed by atoms with Gasteiger partial charge in [0.15, 0.2) is 0 Å². The maximum atomic E-state index is 11.8.